The van der Waals surface area contributed by atoms with Crippen molar-refractivity contribution in [1.82, 2.24) is 9.03 Å². The number of hydrogen-bond donors (Lipinski definition) is 1. The molecule has 0 radical (unpaired) electrons. The van der Waals surface area contributed by atoms with Crippen LogP contribution in [0.1, 0.15) is 18.4 Å². The molecule has 0 spiro atoms. The van der Waals surface area contributed by atoms with Crippen molar-refractivity contribution in [2.24, 2.45) is 0 Å². The van der Waals surface area contributed by atoms with Crippen LogP contribution in [0.3, 0.4) is 0 Å². The van der Waals surface area contributed by atoms with E-state index in [1.165, 1.54) is 4.31 Å². The highest BCUT2D eigenvalue weighted by atomic mass is 32.2. The van der Waals surface area contributed by atoms with Gasteiger partial charge >= 0.3 is 0 Å². The van der Waals surface area contributed by atoms with Gasteiger partial charge in [-0.05, 0) is 24.8 Å². The van der Waals surface area contributed by atoms with Crippen molar-refractivity contribution in [1.29, 1.82) is 0 Å². The largest absolute Gasteiger partial charge is 0.377 e. The Kier molecular flexibility index (Phi) is 7.38. The van der Waals surface area contributed by atoms with Gasteiger partial charge in [-0.1, -0.05) is 30.3 Å². The first-order chi connectivity index (χ1) is 11.8. The molecule has 0 aliphatic carbocycles. The monoisotopic (exact) mass is 390 g/mol. The molecule has 1 fully saturated rings. The van der Waals surface area contributed by atoms with E-state index in [-0.39, 0.29) is 31.5 Å². The fourth-order valence-corrected chi connectivity index (χ4v) is 4.61. The lowest BCUT2D eigenvalue weighted by Gasteiger charge is -2.23. The van der Waals surface area contributed by atoms with E-state index < -0.39 is 20.0 Å². The Balaban J connectivity index is 1.81. The van der Waals surface area contributed by atoms with Gasteiger partial charge in [0.25, 0.3) is 0 Å². The molecule has 142 valence electrons. The fourth-order valence-electron chi connectivity index (χ4n) is 2.70. The summed E-state index contributed by atoms with van der Waals surface area (Å²) in [5.74, 6) is -0.0262. The highest BCUT2D eigenvalue weighted by molar-refractivity contribution is 7.89. The molecule has 0 bridgehead atoms. The molecule has 0 amide bonds. The fraction of sp³-hybridized carbons (Fsp3) is 0.625. The maximum Gasteiger partial charge on any atom is 0.211 e. The van der Waals surface area contributed by atoms with E-state index in [2.05, 4.69) is 4.72 Å². The van der Waals surface area contributed by atoms with Gasteiger partial charge in [0.2, 0.25) is 20.0 Å². The van der Waals surface area contributed by atoms with Gasteiger partial charge in [-0.15, -0.1) is 0 Å². The molecule has 1 N–H and O–H groups in total. The summed E-state index contributed by atoms with van der Waals surface area (Å²) in [4.78, 5) is 0. The van der Waals surface area contributed by atoms with Crippen molar-refractivity contribution in [3.63, 3.8) is 0 Å². The normalized spacial score (nSPS) is 18.7. The van der Waals surface area contributed by atoms with Crippen LogP contribution in [0, 0.1) is 0 Å². The number of rotatable bonds is 10. The number of nitrogens with one attached hydrogen (secondary N) is 1. The lowest BCUT2D eigenvalue weighted by Crippen LogP contribution is -2.42. The zero-order chi connectivity index (χ0) is 18.3. The van der Waals surface area contributed by atoms with Crippen molar-refractivity contribution in [2.45, 2.75) is 25.4 Å². The summed E-state index contributed by atoms with van der Waals surface area (Å²) < 4.78 is 57.1. The molecule has 9 heteroatoms. The Morgan fingerprint density at radius 3 is 2.52 bits per heavy atom. The molecule has 2 rings (SSSR count). The smallest absolute Gasteiger partial charge is 0.211 e. The zero-order valence-electron chi connectivity index (χ0n) is 14.4. The second-order valence-corrected chi connectivity index (χ2v) is 10.1. The molecule has 1 aromatic carbocycles. The van der Waals surface area contributed by atoms with Crippen LogP contribution in [0.5, 0.6) is 0 Å². The van der Waals surface area contributed by atoms with Crippen LogP contribution in [0.2, 0.25) is 0 Å². The third kappa shape index (κ3) is 7.41. The quantitative estimate of drug-likeness (QED) is 0.631. The van der Waals surface area contributed by atoms with Crippen LogP contribution in [0.25, 0.3) is 0 Å². The van der Waals surface area contributed by atoms with Crippen LogP contribution in [0.15, 0.2) is 30.3 Å². The molecule has 1 saturated heterocycles. The Morgan fingerprint density at radius 2 is 1.92 bits per heavy atom. The second kappa shape index (κ2) is 9.09. The molecular formula is C16H26N2O5S2. The highest BCUT2D eigenvalue weighted by Gasteiger charge is 2.24. The maximum absolute atomic E-state index is 12.1. The third-order valence-corrected chi connectivity index (χ3v) is 6.74. The molecule has 25 heavy (non-hydrogen) atoms. The first-order valence-electron chi connectivity index (χ1n) is 8.34. The minimum absolute atomic E-state index is 0.0262. The average Bonchev–Trinajstić information content (AvgIpc) is 3.05. The number of benzene rings is 1. The van der Waals surface area contributed by atoms with Gasteiger partial charge in [-0.2, -0.15) is 4.31 Å². The summed E-state index contributed by atoms with van der Waals surface area (Å²) in [5, 5.41) is 0. The Labute approximate surface area is 150 Å². The van der Waals surface area contributed by atoms with Gasteiger partial charge in [0.05, 0.1) is 18.1 Å². The number of hydrogen-bond acceptors (Lipinski definition) is 5. The van der Waals surface area contributed by atoms with Crippen LogP contribution >= 0.6 is 0 Å². The van der Waals surface area contributed by atoms with Crippen LogP contribution in [-0.2, 0) is 31.2 Å². The van der Waals surface area contributed by atoms with E-state index in [9.17, 15) is 16.8 Å². The van der Waals surface area contributed by atoms with E-state index in [0.717, 1.165) is 24.7 Å². The number of ether oxygens (including phenoxy) is 1. The summed E-state index contributed by atoms with van der Waals surface area (Å²) in [5.41, 5.74) is 0.948. The van der Waals surface area contributed by atoms with E-state index in [1.807, 2.05) is 30.3 Å². The summed E-state index contributed by atoms with van der Waals surface area (Å²) in [7, 11) is -6.86. The topological polar surface area (TPSA) is 92.8 Å². The molecular weight excluding hydrogens is 364 g/mol. The van der Waals surface area contributed by atoms with Crippen molar-refractivity contribution in [2.75, 3.05) is 38.2 Å². The van der Waals surface area contributed by atoms with Crippen molar-refractivity contribution in [3.05, 3.63) is 35.9 Å². The van der Waals surface area contributed by atoms with E-state index in [4.69, 9.17) is 4.74 Å². The molecule has 1 aromatic rings. The maximum atomic E-state index is 12.1. The van der Waals surface area contributed by atoms with Crippen molar-refractivity contribution >= 4 is 20.0 Å². The van der Waals surface area contributed by atoms with Gasteiger partial charge in [0.1, 0.15) is 0 Å². The summed E-state index contributed by atoms with van der Waals surface area (Å²) in [6.45, 7) is 1.07. The van der Waals surface area contributed by atoms with Crippen LogP contribution in [-0.4, -0.2) is 65.5 Å². The van der Waals surface area contributed by atoms with Crippen molar-refractivity contribution in [3.8, 4) is 0 Å². The first-order valence-corrected chi connectivity index (χ1v) is 11.8. The molecule has 0 saturated carbocycles. The molecule has 7 nitrogen and oxygen atoms in total. The van der Waals surface area contributed by atoms with Gasteiger partial charge in [-0.25, -0.2) is 21.6 Å². The molecule has 1 heterocycles. The van der Waals surface area contributed by atoms with E-state index >= 15 is 0 Å². The Morgan fingerprint density at radius 1 is 1.20 bits per heavy atom. The standard InChI is InChI=1S/C16H26N2O5S2/c1-24(19,20)18(14-16-8-5-12-23-16)11-10-17-25(21,22)13-9-15-6-3-2-4-7-15/h2-4,6-7,16-17H,5,8-14H2,1H3. The lowest BCUT2D eigenvalue weighted by molar-refractivity contribution is 0.0943. The molecule has 1 aliphatic heterocycles. The zero-order valence-corrected chi connectivity index (χ0v) is 16.1. The summed E-state index contributed by atoms with van der Waals surface area (Å²) >= 11 is 0. The van der Waals surface area contributed by atoms with E-state index in [0.29, 0.717) is 13.0 Å². The number of nitrogens with zero attached hydrogens (tertiary/aromatic N) is 1. The second-order valence-electron chi connectivity index (χ2n) is 6.20. The molecule has 0 aromatic heterocycles. The lowest BCUT2D eigenvalue weighted by atomic mass is 10.2. The van der Waals surface area contributed by atoms with Gasteiger partial charge in [-0.3, -0.25) is 0 Å². The van der Waals surface area contributed by atoms with Gasteiger partial charge < -0.3 is 4.74 Å². The predicted octanol–water partition coefficient (Wildman–Crippen LogP) is 0.589. The van der Waals surface area contributed by atoms with Crippen LogP contribution < -0.4 is 4.72 Å². The van der Waals surface area contributed by atoms with Gasteiger partial charge in [0, 0.05) is 26.2 Å². The minimum Gasteiger partial charge on any atom is -0.377 e. The Bertz CT molecular complexity index is 729. The molecule has 1 atom stereocenters. The first kappa shape index (κ1) is 20.3. The molecule has 1 aliphatic rings. The molecule has 1 unspecified atom stereocenters. The summed E-state index contributed by atoms with van der Waals surface area (Å²) in [6.07, 6.45) is 3.20. The Hall–Kier alpha value is -1.00. The van der Waals surface area contributed by atoms with Gasteiger partial charge in [0.15, 0.2) is 0 Å². The highest BCUT2D eigenvalue weighted by Crippen LogP contribution is 2.14. The average molecular weight is 391 g/mol. The van der Waals surface area contributed by atoms with Crippen LogP contribution in [0.4, 0.5) is 0 Å². The van der Waals surface area contributed by atoms with E-state index in [1.54, 1.807) is 0 Å². The number of aryl methyl sites for hydroxylation is 1. The number of sulfonamides is 2. The minimum atomic E-state index is -3.45. The van der Waals surface area contributed by atoms with Crippen molar-refractivity contribution < 1.29 is 21.6 Å². The predicted molar refractivity (Wildman–Crippen MR) is 97.3 cm³/mol. The summed E-state index contributed by atoms with van der Waals surface area (Å²) in [6, 6.07) is 9.37. The SMILES string of the molecule is CS(=O)(=O)N(CCNS(=O)(=O)CCc1ccccc1)CC1CCCO1. The third-order valence-electron chi connectivity index (χ3n) is 4.09.